The Morgan fingerprint density at radius 3 is 1.10 bits per heavy atom. The predicted octanol–water partition coefficient (Wildman–Crippen LogP) is 16.4. The summed E-state index contributed by atoms with van der Waals surface area (Å²) in [7, 11) is 10.00. The third-order valence-electron chi connectivity index (χ3n) is 21.3. The fraction of sp³-hybridized carbons (Fsp3) is 0.272. The molecular weight excluding hydrogens is 1930 g/mol. The number of hydrogen-bond donors (Lipinski definition) is 4. The van der Waals surface area contributed by atoms with Gasteiger partial charge in [-0.2, -0.15) is 14.0 Å². The summed E-state index contributed by atoms with van der Waals surface area (Å²) in [5.74, 6) is -15.1. The monoisotopic (exact) mass is 2040 g/mol. The van der Waals surface area contributed by atoms with E-state index in [4.69, 9.17) is 66.8 Å². The second kappa shape index (κ2) is 61.0. The van der Waals surface area contributed by atoms with Crippen molar-refractivity contribution in [2.45, 2.75) is 143 Å². The van der Waals surface area contributed by atoms with E-state index < -0.39 is 82.7 Å². The number of nitrogens with one attached hydrogen (secondary N) is 2. The van der Waals surface area contributed by atoms with Gasteiger partial charge in [0, 0.05) is 81.5 Å². The summed E-state index contributed by atoms with van der Waals surface area (Å²) in [6.07, 6.45) is 2.61. The maximum Gasteiger partial charge on any atom is 1.00 e. The molecule has 3 atom stereocenters. The van der Waals surface area contributed by atoms with Crippen LogP contribution in [0, 0.1) is 53.6 Å². The fourth-order valence-electron chi connectivity index (χ4n) is 13.9. The molecule has 1 heterocycles. The number of esters is 3. The zero-order chi connectivity index (χ0) is 107. The molecule has 35 heteroatoms. The van der Waals surface area contributed by atoms with Crippen LogP contribution in [-0.4, -0.2) is 174 Å². The van der Waals surface area contributed by atoms with Crippen molar-refractivity contribution in [3.05, 3.63) is 396 Å². The summed E-state index contributed by atoms with van der Waals surface area (Å²) >= 11 is 0. The Morgan fingerprint density at radius 1 is 0.423 bits per heavy atom. The molecule has 12 aromatic rings. The first-order chi connectivity index (χ1) is 70.5. The van der Waals surface area contributed by atoms with Crippen LogP contribution >= 0.6 is 0 Å². The Balaban J connectivity index is 0.000000303. The number of aliphatic hydroxyl groups excluding tert-OH is 1. The topological polar surface area (TPSA) is 341 Å². The minimum Gasteiger partial charge on any atom is -1.00 e. The zero-order valence-corrected chi connectivity index (χ0v) is 87.0. The Morgan fingerprint density at radius 2 is 0.752 bits per heavy atom. The number of carbonyl (C=O) groups is 8. The number of carbonyl (C=O) groups excluding carboxylic acids is 8. The number of hydrogen-bond acceptors (Lipinski definition) is 21. The first-order valence-corrected chi connectivity index (χ1v) is 46.8. The second-order valence-electron chi connectivity index (χ2n) is 34.7. The van der Waals surface area contributed by atoms with Crippen molar-refractivity contribution in [3.8, 4) is 46.3 Å². The van der Waals surface area contributed by atoms with Crippen molar-refractivity contribution in [2.24, 2.45) is 5.73 Å². The van der Waals surface area contributed by atoms with Gasteiger partial charge in [-0.25, -0.2) is 32.5 Å². The van der Waals surface area contributed by atoms with Gasteiger partial charge in [0.25, 0.3) is 23.6 Å². The first kappa shape index (κ1) is 120. The quantitative estimate of drug-likeness (QED) is 0.00534. The maximum atomic E-state index is 13.6. The van der Waals surface area contributed by atoms with Crippen LogP contribution in [0.25, 0.3) is 9.69 Å². The van der Waals surface area contributed by atoms with E-state index in [1.165, 1.54) is 45.7 Å². The minimum absolute atomic E-state index is 0. The average molecular weight is 2050 g/mol. The molecule has 0 aromatic heterocycles. The average Bonchev–Trinajstić information content (AvgIpc) is 0.790. The third-order valence-corrected chi connectivity index (χ3v) is 21.3. The molecule has 0 aliphatic carbocycles. The van der Waals surface area contributed by atoms with Crippen LogP contribution < -0.4 is 79.1 Å². The SMILES string of the molecule is C1CCOC1.CC(C)Oc1ccc(C(=O)Oc2c(F)c(F)c(F)c(F)c2F)cc1C#N.CN(C)C(=O)c1cc(CC(N)C(=O)OCc2ccccc2)ccc1OCc1ccccc1.[B].[C-]#[N+]c1cc(C(=O)N[C@@H](Cc2ccc(OCc3ccccc3)c(C(=O)N(C)C)c2)C(=O)OCc2ccccc2)ccc1OC(C)C.[C-]#[N+]c1cc(C(=O)N[C@H](CO)Cc2ccc(OCc3ccccc3)c(C(=O)N(C)C)c2)ccc1OC(C)C.[H-].[Na+]. The van der Waals surface area contributed by atoms with Gasteiger partial charge in [-0.3, -0.25) is 28.8 Å². The van der Waals surface area contributed by atoms with E-state index in [-0.39, 0.29) is 149 Å². The molecule has 1 aliphatic heterocycles. The van der Waals surface area contributed by atoms with Crippen molar-refractivity contribution in [1.29, 1.82) is 5.26 Å². The van der Waals surface area contributed by atoms with Crippen molar-refractivity contribution in [2.75, 3.05) is 62.1 Å². The van der Waals surface area contributed by atoms with Gasteiger partial charge < -0.3 is 85.0 Å². The first-order valence-electron chi connectivity index (χ1n) is 46.8. The van der Waals surface area contributed by atoms with E-state index in [0.29, 0.717) is 76.2 Å². The summed E-state index contributed by atoms with van der Waals surface area (Å²) in [5, 5.41) is 24.6. The largest absolute Gasteiger partial charge is 1.00 e. The van der Waals surface area contributed by atoms with Gasteiger partial charge >= 0.3 is 47.5 Å². The Kier molecular flexibility index (Phi) is 49.2. The van der Waals surface area contributed by atoms with Gasteiger partial charge in [0.1, 0.15) is 85.7 Å². The number of nitriles is 1. The van der Waals surface area contributed by atoms with E-state index in [1.807, 2.05) is 191 Å². The molecule has 28 nitrogen and oxygen atoms in total. The van der Waals surface area contributed by atoms with Crippen molar-refractivity contribution in [1.82, 2.24) is 25.3 Å². The molecule has 0 saturated carbocycles. The molecule has 771 valence electrons. The standard InChI is InChI=1S/C37H37N3O6.C30H33N3O5.C26H28N2O4.C17H10F5NO3.C4H8O.B.Na.H/c1-25(2)46-34-19-17-29(22-31(34)38-3)35(41)39-32(37(43)45-24-27-14-10-7-11-15-27)21-28-16-18-33(30(20-28)36(42)40(4)5)44-23-26-12-8-6-9-13-26;1-20(2)38-28-14-12-23(17-26(28)31-3)29(35)32-24(18-34)15-22-11-13-27(25(16-22)30(36)33(4)5)37-19-21-9-7-6-8-10-21;1-28(2)25(29)22-15-21(13-14-24(22)31-17-19-9-5-3-6-10-19)16-23(27)26(30)32-18-20-11-7-4-8-12-20;1-7(2)25-10-4-3-8(5-9(10)6-23)17(24)26-16-14(21)12(19)11(18)13(20)15(16)22;1-2-4-5-3-1;;;/h6-20,22,25,32H,21,23-24H2,1-2,4-5H3,(H,39,41);6-14,16-17,20,24,34H,15,18-19H2,1-2,4-5H3,(H,32,35);3-15,23H,16-18,27H2,1-2H3;3-5,7H,1-2H3;1-4H2;;;/q;;;;;;+1;-1/t32-;24-;;;;;;/m00....../s1. The van der Waals surface area contributed by atoms with Crippen molar-refractivity contribution in [3.63, 3.8) is 0 Å². The van der Waals surface area contributed by atoms with E-state index in [9.17, 15) is 65.4 Å². The van der Waals surface area contributed by atoms with Gasteiger partial charge in [-0.05, 0) is 203 Å². The number of rotatable bonds is 37. The number of amides is 5. The third kappa shape index (κ3) is 37.6. The Labute approximate surface area is 889 Å². The molecule has 1 unspecified atom stereocenters. The molecule has 1 saturated heterocycles. The summed E-state index contributed by atoms with van der Waals surface area (Å²) in [6, 6.07) is 75.1. The number of halogens is 5. The van der Waals surface area contributed by atoms with Crippen LogP contribution in [0.2, 0.25) is 0 Å². The molecule has 1 aliphatic rings. The molecule has 13 rings (SSSR count). The smallest absolute Gasteiger partial charge is 1.00 e. The molecule has 0 spiro atoms. The number of aliphatic hydroxyl groups is 1. The number of nitrogens with zero attached hydrogens (tertiary/aromatic N) is 6. The normalized spacial score (nSPS) is 11.5. The van der Waals surface area contributed by atoms with Crippen molar-refractivity contribution >= 4 is 67.2 Å². The van der Waals surface area contributed by atoms with Gasteiger partial charge in [0.15, 0.2) is 0 Å². The zero-order valence-electron chi connectivity index (χ0n) is 86.0. The number of nitrogens with two attached hydrogens (primary N) is 1. The van der Waals surface area contributed by atoms with E-state index in [2.05, 4.69) is 25.1 Å². The summed E-state index contributed by atoms with van der Waals surface area (Å²) in [4.78, 5) is 114. The number of benzene rings is 12. The molecule has 1 fully saturated rings. The van der Waals surface area contributed by atoms with Crippen LogP contribution in [0.15, 0.2) is 261 Å². The molecule has 0 bridgehead atoms. The maximum absolute atomic E-state index is 13.6. The summed E-state index contributed by atoms with van der Waals surface area (Å²) in [6.45, 7) is 28.6. The van der Waals surface area contributed by atoms with E-state index >= 15 is 0 Å². The minimum atomic E-state index is -2.37. The second-order valence-corrected chi connectivity index (χ2v) is 34.7. The van der Waals surface area contributed by atoms with Gasteiger partial charge in [-0.15, -0.1) is 0 Å². The van der Waals surface area contributed by atoms with E-state index in [0.717, 1.165) is 64.3 Å². The van der Waals surface area contributed by atoms with Crippen molar-refractivity contribution < 1.29 is 144 Å². The fourth-order valence-corrected chi connectivity index (χ4v) is 13.9. The number of ether oxygens (including phenoxy) is 10. The molecular formula is C114H117BF5N9NaO19. The Bertz CT molecular complexity index is 6590. The van der Waals surface area contributed by atoms with Crippen LogP contribution in [0.4, 0.5) is 33.3 Å². The van der Waals surface area contributed by atoms with Crippen LogP contribution in [0.5, 0.6) is 40.2 Å². The van der Waals surface area contributed by atoms with Gasteiger partial charge in [-0.1, -0.05) is 170 Å². The molecule has 149 heavy (non-hydrogen) atoms. The summed E-state index contributed by atoms with van der Waals surface area (Å²) in [5.41, 5.74) is 14.4. The van der Waals surface area contributed by atoms with Crippen LogP contribution in [0.1, 0.15) is 168 Å². The van der Waals surface area contributed by atoms with E-state index in [1.54, 1.807) is 129 Å². The van der Waals surface area contributed by atoms with Gasteiger partial charge in [0.05, 0.1) is 71.9 Å². The molecule has 3 radical (unpaired) electrons. The van der Waals surface area contributed by atoms with Crippen LogP contribution in [-0.2, 0) is 76.1 Å². The molecule has 5 amide bonds. The predicted molar refractivity (Wildman–Crippen MR) is 549 cm³/mol. The molecule has 12 aromatic carbocycles. The van der Waals surface area contributed by atoms with Gasteiger partial charge in [0.2, 0.25) is 52.1 Å². The van der Waals surface area contributed by atoms with Crippen LogP contribution in [0.3, 0.4) is 0 Å². The molecule has 5 N–H and O–H groups in total. The summed E-state index contributed by atoms with van der Waals surface area (Å²) < 4.78 is 121. The Hall–Kier alpha value is -15.7.